The average molecular weight is 336 g/mol. The number of carbonyl (C=O) groups excluding carboxylic acids is 1. The van der Waals surface area contributed by atoms with Crippen LogP contribution >= 0.6 is 11.8 Å². The Morgan fingerprint density at radius 1 is 1.08 bits per heavy atom. The van der Waals surface area contributed by atoms with Gasteiger partial charge in [0.05, 0.1) is 7.11 Å². The maximum absolute atomic E-state index is 11.2. The van der Waals surface area contributed by atoms with Crippen molar-refractivity contribution in [3.05, 3.63) is 64.9 Å². The molecule has 0 N–H and O–H groups in total. The molecule has 0 saturated carbocycles. The Kier molecular flexibility index (Phi) is 4.32. The highest BCUT2D eigenvalue weighted by Gasteiger charge is 2.09. The van der Waals surface area contributed by atoms with Gasteiger partial charge in [-0.3, -0.25) is 4.79 Å². The van der Waals surface area contributed by atoms with Gasteiger partial charge in [0.25, 0.3) is 0 Å². The maximum atomic E-state index is 11.2. The standard InChI is InChI=1S/C20H16O3S/c1-12(22-4)19-9-16(6-5-15(19)11-21)24-17-7-8-18-13(2)23-14(3)20(18)10-17/h5-11H,1-3H2,4H3. The van der Waals surface area contributed by atoms with E-state index >= 15 is 0 Å². The first kappa shape index (κ1) is 16.1. The number of ether oxygens (including phenoxy) is 1. The quantitative estimate of drug-likeness (QED) is 0.524. The molecule has 0 atom stereocenters. The first-order valence-electron chi connectivity index (χ1n) is 7.24. The van der Waals surface area contributed by atoms with Gasteiger partial charge in [-0.15, -0.1) is 0 Å². The van der Waals surface area contributed by atoms with E-state index in [1.54, 1.807) is 17.8 Å². The summed E-state index contributed by atoms with van der Waals surface area (Å²) < 4.78 is 10.6. The minimum absolute atomic E-state index is 0.464. The minimum atomic E-state index is 0.464. The van der Waals surface area contributed by atoms with Crippen molar-refractivity contribution in [1.29, 1.82) is 0 Å². The zero-order valence-corrected chi connectivity index (χ0v) is 14.1. The van der Waals surface area contributed by atoms with Gasteiger partial charge in [-0.1, -0.05) is 31.5 Å². The van der Waals surface area contributed by atoms with Crippen LogP contribution in [-0.4, -0.2) is 13.4 Å². The van der Waals surface area contributed by atoms with Crippen molar-refractivity contribution >= 4 is 47.7 Å². The van der Waals surface area contributed by atoms with Gasteiger partial charge in [-0.05, 0) is 36.4 Å². The third-order valence-corrected chi connectivity index (χ3v) is 4.75. The number of carbonyl (C=O) groups is 1. The number of rotatable bonds is 5. The van der Waals surface area contributed by atoms with Crippen molar-refractivity contribution in [2.75, 3.05) is 7.11 Å². The second-order valence-electron chi connectivity index (χ2n) is 5.25. The molecular weight excluding hydrogens is 320 g/mol. The molecule has 4 heteroatoms. The van der Waals surface area contributed by atoms with E-state index < -0.39 is 0 Å². The molecule has 0 unspecified atom stereocenters. The highest BCUT2D eigenvalue weighted by Crippen LogP contribution is 2.31. The lowest BCUT2D eigenvalue weighted by molar-refractivity contribution is 0.112. The highest BCUT2D eigenvalue weighted by molar-refractivity contribution is 7.99. The van der Waals surface area contributed by atoms with Gasteiger partial charge in [0, 0.05) is 31.7 Å². The Labute approximate surface area is 143 Å². The van der Waals surface area contributed by atoms with Gasteiger partial charge in [0.2, 0.25) is 0 Å². The van der Waals surface area contributed by atoms with Crippen molar-refractivity contribution in [3.63, 3.8) is 0 Å². The molecule has 0 aliphatic carbocycles. The van der Waals surface area contributed by atoms with Crippen molar-refractivity contribution in [3.8, 4) is 0 Å². The van der Waals surface area contributed by atoms with E-state index in [0.717, 1.165) is 26.8 Å². The maximum Gasteiger partial charge on any atom is 0.150 e. The normalized spacial score (nSPS) is 10.7. The molecule has 0 fully saturated rings. The van der Waals surface area contributed by atoms with Crippen LogP contribution in [0, 0.1) is 0 Å². The van der Waals surface area contributed by atoms with Crippen LogP contribution in [0.4, 0.5) is 0 Å². The second kappa shape index (κ2) is 6.42. The minimum Gasteiger partial charge on any atom is -0.497 e. The molecule has 0 aliphatic rings. The predicted molar refractivity (Wildman–Crippen MR) is 98.5 cm³/mol. The zero-order valence-electron chi connectivity index (χ0n) is 13.3. The molecule has 0 aliphatic heterocycles. The van der Waals surface area contributed by atoms with Gasteiger partial charge >= 0.3 is 0 Å². The van der Waals surface area contributed by atoms with Crippen LogP contribution in [-0.2, 0) is 4.74 Å². The summed E-state index contributed by atoms with van der Waals surface area (Å²) in [6.45, 7) is 11.6. The molecule has 0 amide bonds. The van der Waals surface area contributed by atoms with Gasteiger partial charge in [-0.25, -0.2) is 0 Å². The van der Waals surface area contributed by atoms with Crippen molar-refractivity contribution in [2.45, 2.75) is 9.79 Å². The monoisotopic (exact) mass is 336 g/mol. The van der Waals surface area contributed by atoms with Crippen LogP contribution in [0.3, 0.4) is 0 Å². The molecule has 3 rings (SSSR count). The Morgan fingerprint density at radius 3 is 2.46 bits per heavy atom. The van der Waals surface area contributed by atoms with Crippen molar-refractivity contribution in [1.82, 2.24) is 0 Å². The Balaban J connectivity index is 2.00. The SMILES string of the molecule is C=C(OC)c1cc(Sc2ccc3c(=C)oc(=C)c3c2)ccc1C=O. The Hall–Kier alpha value is -2.72. The fourth-order valence-electron chi connectivity index (χ4n) is 2.51. The fraction of sp³-hybridized carbons (Fsp3) is 0.0500. The number of methoxy groups -OCH3 is 1. The first-order valence-corrected chi connectivity index (χ1v) is 8.06. The third-order valence-electron chi connectivity index (χ3n) is 3.77. The molecule has 2 aromatic carbocycles. The van der Waals surface area contributed by atoms with Crippen LogP contribution < -0.4 is 10.8 Å². The van der Waals surface area contributed by atoms with Gasteiger partial charge < -0.3 is 9.15 Å². The molecule has 1 heterocycles. The fourth-order valence-corrected chi connectivity index (χ4v) is 3.41. The van der Waals surface area contributed by atoms with E-state index in [4.69, 9.17) is 9.15 Å². The predicted octanol–water partition coefficient (Wildman–Crippen LogP) is 3.83. The number of aldehydes is 1. The third kappa shape index (κ3) is 2.88. The van der Waals surface area contributed by atoms with E-state index in [-0.39, 0.29) is 0 Å². The lowest BCUT2D eigenvalue weighted by Gasteiger charge is -2.10. The van der Waals surface area contributed by atoms with E-state index in [0.29, 0.717) is 27.7 Å². The van der Waals surface area contributed by atoms with Crippen LogP contribution in [0.25, 0.3) is 29.7 Å². The second-order valence-corrected chi connectivity index (χ2v) is 6.40. The summed E-state index contributed by atoms with van der Waals surface area (Å²) >= 11 is 1.58. The number of benzene rings is 2. The van der Waals surface area contributed by atoms with Crippen LogP contribution in [0.15, 0.2) is 57.2 Å². The summed E-state index contributed by atoms with van der Waals surface area (Å²) in [6, 6.07) is 11.6. The summed E-state index contributed by atoms with van der Waals surface area (Å²) in [5.41, 5.74) is 2.49. The molecule has 3 aromatic rings. The van der Waals surface area contributed by atoms with Crippen LogP contribution in [0.5, 0.6) is 0 Å². The molecule has 0 radical (unpaired) electrons. The first-order chi connectivity index (χ1) is 11.5. The van der Waals surface area contributed by atoms with Crippen LogP contribution in [0.2, 0.25) is 0 Å². The summed E-state index contributed by atoms with van der Waals surface area (Å²) in [4.78, 5) is 13.2. The van der Waals surface area contributed by atoms with E-state index in [9.17, 15) is 4.79 Å². The van der Waals surface area contributed by atoms with Gasteiger partial charge in [0.15, 0.2) is 6.29 Å². The molecule has 1 aromatic heterocycles. The van der Waals surface area contributed by atoms with Crippen molar-refractivity contribution < 1.29 is 13.9 Å². The lowest BCUT2D eigenvalue weighted by atomic mass is 10.1. The van der Waals surface area contributed by atoms with E-state index in [2.05, 4.69) is 19.7 Å². The Morgan fingerprint density at radius 2 is 1.75 bits per heavy atom. The summed E-state index contributed by atoms with van der Waals surface area (Å²) in [7, 11) is 1.54. The zero-order chi connectivity index (χ0) is 17.3. The molecule has 0 spiro atoms. The average Bonchev–Trinajstić information content (AvgIpc) is 2.88. The number of fused-ring (bicyclic) bond motifs is 1. The molecule has 0 saturated heterocycles. The summed E-state index contributed by atoms with van der Waals surface area (Å²) in [6.07, 6.45) is 0.802. The van der Waals surface area contributed by atoms with Crippen molar-refractivity contribution in [2.24, 2.45) is 0 Å². The lowest BCUT2D eigenvalue weighted by Crippen LogP contribution is -1.94. The summed E-state index contributed by atoms with van der Waals surface area (Å²) in [5, 5.41) is 1.92. The van der Waals surface area contributed by atoms with E-state index in [1.165, 1.54) is 7.11 Å². The van der Waals surface area contributed by atoms with E-state index in [1.807, 2.05) is 30.3 Å². The molecule has 120 valence electrons. The molecule has 3 nitrogen and oxygen atoms in total. The topological polar surface area (TPSA) is 39.4 Å². The smallest absolute Gasteiger partial charge is 0.150 e. The highest BCUT2D eigenvalue weighted by atomic mass is 32.2. The number of furan rings is 1. The van der Waals surface area contributed by atoms with Crippen LogP contribution in [0.1, 0.15) is 15.9 Å². The molecule has 0 bridgehead atoms. The number of hydrogen-bond donors (Lipinski definition) is 0. The summed E-state index contributed by atoms with van der Waals surface area (Å²) in [5.74, 6) is 0.464. The van der Waals surface area contributed by atoms with Gasteiger partial charge in [-0.2, -0.15) is 0 Å². The molecular formula is C20H16O3S. The molecule has 24 heavy (non-hydrogen) atoms. The van der Waals surface area contributed by atoms with Gasteiger partial charge in [0.1, 0.15) is 16.6 Å². The number of hydrogen-bond acceptors (Lipinski definition) is 4. The Bertz CT molecular complexity index is 1050. The largest absolute Gasteiger partial charge is 0.497 e.